The van der Waals surface area contributed by atoms with Gasteiger partial charge in [-0.05, 0) is 41.0 Å². The summed E-state index contributed by atoms with van der Waals surface area (Å²) in [5.41, 5.74) is 2.26. The largest absolute Gasteiger partial charge is 0.478 e. The van der Waals surface area contributed by atoms with E-state index in [4.69, 9.17) is 4.74 Å². The van der Waals surface area contributed by atoms with Gasteiger partial charge in [0.15, 0.2) is 0 Å². The lowest BCUT2D eigenvalue weighted by Crippen LogP contribution is -2.03. The van der Waals surface area contributed by atoms with E-state index in [1.807, 2.05) is 30.3 Å². The maximum Gasteiger partial charge on any atom is 0.336 e. The zero-order valence-electron chi connectivity index (χ0n) is 13.8. The summed E-state index contributed by atoms with van der Waals surface area (Å²) in [5, 5.41) is 9.41. The maximum atomic E-state index is 12.0. The van der Waals surface area contributed by atoms with Crippen LogP contribution in [-0.2, 0) is 4.79 Å². The third kappa shape index (κ3) is 4.05. The van der Waals surface area contributed by atoms with Crippen LogP contribution in [-0.4, -0.2) is 17.0 Å². The van der Waals surface area contributed by atoms with Crippen LogP contribution < -0.4 is 4.74 Å². The third-order valence-corrected chi connectivity index (χ3v) is 3.77. The summed E-state index contributed by atoms with van der Waals surface area (Å²) in [6.07, 6.45) is 2.95. The zero-order chi connectivity index (χ0) is 18.4. The number of aromatic carboxylic acids is 1. The van der Waals surface area contributed by atoms with Gasteiger partial charge < -0.3 is 9.84 Å². The highest BCUT2D eigenvalue weighted by molar-refractivity contribution is 5.98. The molecule has 0 aliphatic carbocycles. The molecule has 3 aromatic carbocycles. The fourth-order valence-corrected chi connectivity index (χ4v) is 2.59. The third-order valence-electron chi connectivity index (χ3n) is 3.77. The van der Waals surface area contributed by atoms with E-state index in [-0.39, 0.29) is 5.56 Å². The molecule has 4 heteroatoms. The first-order chi connectivity index (χ1) is 12.6. The van der Waals surface area contributed by atoms with Crippen LogP contribution in [0, 0.1) is 0 Å². The second-order valence-electron chi connectivity index (χ2n) is 5.51. The van der Waals surface area contributed by atoms with Gasteiger partial charge in [-0.3, -0.25) is 0 Å². The number of hydrogen-bond donors (Lipinski definition) is 1. The number of carbonyl (C=O) groups excluding carboxylic acids is 1. The highest BCUT2D eigenvalue weighted by Crippen LogP contribution is 2.28. The summed E-state index contributed by atoms with van der Waals surface area (Å²) < 4.78 is 5.22. The first-order valence-corrected chi connectivity index (χ1v) is 8.02. The molecule has 0 spiro atoms. The minimum atomic E-state index is -0.997. The fraction of sp³-hybridized carbons (Fsp3) is 0. The molecule has 0 amide bonds. The molecule has 26 heavy (non-hydrogen) atoms. The van der Waals surface area contributed by atoms with Crippen molar-refractivity contribution in [2.45, 2.75) is 0 Å². The number of hydrogen-bond acceptors (Lipinski definition) is 3. The van der Waals surface area contributed by atoms with E-state index in [0.717, 1.165) is 11.1 Å². The fourth-order valence-electron chi connectivity index (χ4n) is 2.59. The lowest BCUT2D eigenvalue weighted by molar-refractivity contribution is -0.128. The van der Waals surface area contributed by atoms with Crippen molar-refractivity contribution in [1.29, 1.82) is 0 Å². The van der Waals surface area contributed by atoms with Crippen LogP contribution in [0.2, 0.25) is 0 Å². The minimum absolute atomic E-state index is 0.209. The number of rotatable bonds is 5. The van der Waals surface area contributed by atoms with Gasteiger partial charge in [0.2, 0.25) is 0 Å². The lowest BCUT2D eigenvalue weighted by atomic mass is 9.95. The van der Waals surface area contributed by atoms with E-state index >= 15 is 0 Å². The molecule has 0 heterocycles. The predicted molar refractivity (Wildman–Crippen MR) is 99.9 cm³/mol. The summed E-state index contributed by atoms with van der Waals surface area (Å²) >= 11 is 0. The van der Waals surface area contributed by atoms with Crippen LogP contribution >= 0.6 is 0 Å². The lowest BCUT2D eigenvalue weighted by Gasteiger charge is -2.09. The molecule has 3 aromatic rings. The maximum absolute atomic E-state index is 12.0. The number of carboxylic acids is 1. The van der Waals surface area contributed by atoms with E-state index in [9.17, 15) is 14.7 Å². The Kier molecular flexibility index (Phi) is 5.25. The van der Waals surface area contributed by atoms with Crippen molar-refractivity contribution >= 4 is 18.0 Å². The van der Waals surface area contributed by atoms with Crippen molar-refractivity contribution in [1.82, 2.24) is 0 Å². The first kappa shape index (κ1) is 17.2. The summed E-state index contributed by atoms with van der Waals surface area (Å²) in [4.78, 5) is 23.5. The van der Waals surface area contributed by atoms with E-state index in [0.29, 0.717) is 11.3 Å². The topological polar surface area (TPSA) is 63.6 Å². The Morgan fingerprint density at radius 3 is 2.12 bits per heavy atom. The van der Waals surface area contributed by atoms with Crippen molar-refractivity contribution in [2.75, 3.05) is 0 Å². The van der Waals surface area contributed by atoms with Crippen LogP contribution in [0.3, 0.4) is 0 Å². The first-order valence-electron chi connectivity index (χ1n) is 8.02. The molecule has 0 aromatic heterocycles. The zero-order valence-corrected chi connectivity index (χ0v) is 13.8. The van der Waals surface area contributed by atoms with Crippen molar-refractivity contribution in [2.24, 2.45) is 0 Å². The molecule has 0 saturated heterocycles. The molecular formula is C22H16O4. The molecule has 0 atom stereocenters. The van der Waals surface area contributed by atoms with Gasteiger partial charge in [-0.1, -0.05) is 60.7 Å². The molecule has 0 aliphatic rings. The standard InChI is InChI=1S/C22H16O4/c23-21(26-17-9-2-1-3-10-17)15-14-16-8-4-5-11-18(16)19-12-6-7-13-20(19)22(24)25/h1-15H,(H,24,25)/b15-14+. The second kappa shape index (κ2) is 7.94. The van der Waals surface area contributed by atoms with Crippen LogP contribution in [0.25, 0.3) is 17.2 Å². The quantitative estimate of drug-likeness (QED) is 0.415. The molecule has 128 valence electrons. The molecule has 0 bridgehead atoms. The van der Waals surface area contributed by atoms with E-state index in [1.54, 1.807) is 54.6 Å². The van der Waals surface area contributed by atoms with Crippen molar-refractivity contribution in [3.05, 3.63) is 96.1 Å². The Bertz CT molecular complexity index is 959. The molecule has 1 N–H and O–H groups in total. The van der Waals surface area contributed by atoms with Crippen LogP contribution in [0.5, 0.6) is 5.75 Å². The molecule has 4 nitrogen and oxygen atoms in total. The number of benzene rings is 3. The number of para-hydroxylation sites is 1. The molecule has 0 saturated carbocycles. The summed E-state index contributed by atoms with van der Waals surface area (Å²) in [6.45, 7) is 0. The van der Waals surface area contributed by atoms with Gasteiger partial charge in [0.05, 0.1) is 5.56 Å². The molecule has 0 fully saturated rings. The Labute approximate surface area is 151 Å². The molecular weight excluding hydrogens is 328 g/mol. The van der Waals surface area contributed by atoms with Crippen LogP contribution in [0.4, 0.5) is 0 Å². The van der Waals surface area contributed by atoms with E-state index in [1.165, 1.54) is 6.08 Å². The average Bonchev–Trinajstić information content (AvgIpc) is 2.67. The number of ether oxygens (including phenoxy) is 1. The highest BCUT2D eigenvalue weighted by atomic mass is 16.5. The Morgan fingerprint density at radius 1 is 0.769 bits per heavy atom. The van der Waals surface area contributed by atoms with Crippen molar-refractivity contribution in [3.63, 3.8) is 0 Å². The molecule has 0 unspecified atom stereocenters. The van der Waals surface area contributed by atoms with Gasteiger partial charge in [-0.25, -0.2) is 9.59 Å². The van der Waals surface area contributed by atoms with Crippen LogP contribution in [0.15, 0.2) is 84.9 Å². The SMILES string of the molecule is O=C(/C=C/c1ccccc1-c1ccccc1C(=O)O)Oc1ccccc1. The van der Waals surface area contributed by atoms with Crippen molar-refractivity contribution < 1.29 is 19.4 Å². The van der Waals surface area contributed by atoms with E-state index < -0.39 is 11.9 Å². The normalized spacial score (nSPS) is 10.6. The Balaban J connectivity index is 1.89. The predicted octanol–water partition coefficient (Wildman–Crippen LogP) is 4.67. The van der Waals surface area contributed by atoms with Gasteiger partial charge in [0.1, 0.15) is 5.75 Å². The molecule has 3 rings (SSSR count). The van der Waals surface area contributed by atoms with Gasteiger partial charge >= 0.3 is 11.9 Å². The van der Waals surface area contributed by atoms with Gasteiger partial charge in [-0.2, -0.15) is 0 Å². The number of esters is 1. The second-order valence-corrected chi connectivity index (χ2v) is 5.51. The Morgan fingerprint density at radius 2 is 1.38 bits per heavy atom. The van der Waals surface area contributed by atoms with Gasteiger partial charge in [-0.15, -0.1) is 0 Å². The highest BCUT2D eigenvalue weighted by Gasteiger charge is 2.12. The summed E-state index contributed by atoms with van der Waals surface area (Å²) in [5.74, 6) is -1.04. The molecule has 0 aliphatic heterocycles. The number of carbonyl (C=O) groups is 2. The average molecular weight is 344 g/mol. The monoisotopic (exact) mass is 344 g/mol. The number of carboxylic acid groups (broad SMARTS) is 1. The van der Waals surface area contributed by atoms with Crippen molar-refractivity contribution in [3.8, 4) is 16.9 Å². The van der Waals surface area contributed by atoms with Crippen LogP contribution in [0.1, 0.15) is 15.9 Å². The van der Waals surface area contributed by atoms with E-state index in [2.05, 4.69) is 0 Å². The Hall–Kier alpha value is -3.66. The smallest absolute Gasteiger partial charge is 0.336 e. The molecule has 0 radical (unpaired) electrons. The minimum Gasteiger partial charge on any atom is -0.478 e. The summed E-state index contributed by atoms with van der Waals surface area (Å²) in [7, 11) is 0. The summed E-state index contributed by atoms with van der Waals surface area (Å²) in [6, 6.07) is 22.9. The van der Waals surface area contributed by atoms with Gasteiger partial charge in [0.25, 0.3) is 0 Å². The van der Waals surface area contributed by atoms with Gasteiger partial charge in [0, 0.05) is 6.08 Å².